The first-order valence-electron chi connectivity index (χ1n) is 25.4. The Hall–Kier alpha value is -0.320. The van der Waals surface area contributed by atoms with Crippen LogP contribution in [0.4, 0.5) is 0 Å². The average molecular weight is 795 g/mol. The second kappa shape index (κ2) is 26.1. The number of quaternary nitrogens is 4. The summed E-state index contributed by atoms with van der Waals surface area (Å²) in [6.45, 7) is 18.6. The minimum Gasteiger partial charge on any atom is -0.381 e. The van der Waals surface area contributed by atoms with E-state index in [4.69, 9.17) is 0 Å². The molecule has 8 nitrogen and oxygen atoms in total. The highest BCUT2D eigenvalue weighted by Gasteiger charge is 2.59. The van der Waals surface area contributed by atoms with Crippen LogP contribution in [0.1, 0.15) is 194 Å². The van der Waals surface area contributed by atoms with Gasteiger partial charge in [-0.2, -0.15) is 0 Å². The van der Waals surface area contributed by atoms with Gasteiger partial charge in [0.25, 0.3) is 0 Å². The molecule has 0 aromatic rings. The van der Waals surface area contributed by atoms with Crippen molar-refractivity contribution in [1.82, 2.24) is 0 Å². The van der Waals surface area contributed by atoms with E-state index in [-0.39, 0.29) is 0 Å². The summed E-state index contributed by atoms with van der Waals surface area (Å²) in [5.41, 5.74) is 0. The topological polar surface area (TPSA) is 80.9 Å². The van der Waals surface area contributed by atoms with Crippen LogP contribution in [0.2, 0.25) is 0 Å². The molecule has 0 unspecified atom stereocenters. The number of aliphatic hydroxyl groups excluding tert-OH is 4. The molecule has 4 atom stereocenters. The van der Waals surface area contributed by atoms with Gasteiger partial charge in [0.05, 0.1) is 13.1 Å². The van der Waals surface area contributed by atoms with Crippen molar-refractivity contribution in [1.29, 1.82) is 0 Å². The predicted octanol–water partition coefficient (Wildman–Crippen LogP) is 8.63. The van der Waals surface area contributed by atoms with Crippen LogP contribution < -0.4 is 0 Å². The Bertz CT molecular complexity index is 887. The van der Waals surface area contributed by atoms with Gasteiger partial charge in [0.1, 0.15) is 78.5 Å². The van der Waals surface area contributed by atoms with Crippen molar-refractivity contribution in [2.45, 2.75) is 218 Å². The molecule has 6 aliphatic heterocycles. The van der Waals surface area contributed by atoms with Crippen LogP contribution in [0.5, 0.6) is 0 Å². The third-order valence-corrected chi connectivity index (χ3v) is 16.2. The van der Waals surface area contributed by atoms with Gasteiger partial charge in [0.2, 0.25) is 12.5 Å². The molecule has 0 saturated carbocycles. The van der Waals surface area contributed by atoms with Gasteiger partial charge in [-0.05, 0) is 25.7 Å². The zero-order valence-corrected chi connectivity index (χ0v) is 37.6. The average Bonchev–Trinajstić information content (AvgIpc) is 3.24. The third-order valence-electron chi connectivity index (χ3n) is 16.2. The Morgan fingerprint density at radius 1 is 0.286 bits per heavy atom. The summed E-state index contributed by atoms with van der Waals surface area (Å²) in [6, 6.07) is 0. The maximum absolute atomic E-state index is 11.6. The van der Waals surface area contributed by atoms with Gasteiger partial charge >= 0.3 is 0 Å². The second-order valence-corrected chi connectivity index (χ2v) is 20.3. The van der Waals surface area contributed by atoms with Crippen molar-refractivity contribution in [2.24, 2.45) is 0 Å². The molecular formula is C48H98N4O4+4. The minimum atomic E-state index is -1.32. The van der Waals surface area contributed by atoms with Crippen LogP contribution in [-0.4, -0.2) is 155 Å². The van der Waals surface area contributed by atoms with E-state index in [1.165, 1.54) is 202 Å². The Morgan fingerprint density at radius 2 is 0.482 bits per heavy atom. The Balaban J connectivity index is 1.04. The number of piperazine rings is 6. The van der Waals surface area contributed by atoms with Gasteiger partial charge in [-0.3, -0.25) is 8.97 Å². The van der Waals surface area contributed by atoms with E-state index in [2.05, 4.69) is 13.8 Å². The molecule has 8 heteroatoms. The molecule has 330 valence electrons. The van der Waals surface area contributed by atoms with Crippen LogP contribution in [0, 0.1) is 0 Å². The fraction of sp³-hybridized carbons (Fsp3) is 1.00. The molecule has 56 heavy (non-hydrogen) atoms. The SMILES string of the molecule is CCCCCCCCCCCCCCCC[N+]12CC[N+]([C@@H](O)[C@H](O)[C@@H](O)[C@H](O)[N+]34CC[N+](CCCCCCCCCCCCCCCC)(CC3)CC4)(CC1)CC2. The summed E-state index contributed by atoms with van der Waals surface area (Å²) < 4.78 is 3.32. The quantitative estimate of drug-likeness (QED) is 0.0383. The molecule has 6 saturated heterocycles. The van der Waals surface area contributed by atoms with Crippen LogP contribution >= 0.6 is 0 Å². The Labute approximate surface area is 347 Å². The Kier molecular flexibility index (Phi) is 22.5. The summed E-state index contributed by atoms with van der Waals surface area (Å²) >= 11 is 0. The summed E-state index contributed by atoms with van der Waals surface area (Å²) in [5.74, 6) is 0. The lowest BCUT2D eigenvalue weighted by Crippen LogP contribution is -2.81. The fourth-order valence-corrected chi connectivity index (χ4v) is 11.6. The summed E-state index contributed by atoms with van der Waals surface area (Å²) in [4.78, 5) is 0. The van der Waals surface area contributed by atoms with E-state index in [1.54, 1.807) is 0 Å². The van der Waals surface area contributed by atoms with Gasteiger partial charge in [-0.25, -0.2) is 0 Å². The maximum Gasteiger partial charge on any atom is 0.220 e. The van der Waals surface area contributed by atoms with Crippen molar-refractivity contribution in [3.05, 3.63) is 0 Å². The first kappa shape index (κ1) is 48.3. The summed E-state index contributed by atoms with van der Waals surface area (Å²) in [6.07, 6.45) is 34.3. The standard InChI is InChI=1S/C48H98N4O4/c1-3-5-7-9-11-13-15-17-19-21-23-25-27-29-31-49-33-39-51(40-34-49,41-35-49)47(55)45(53)46(54)48(56)52-42-36-50(37-43-52,38-44-52)32-30-28-26-24-22-20-18-16-14-12-10-8-6-4-2/h45-48,53-56H,3-44H2,1-2H3/q+4/t45-,46-,47+,48+,49?,50?,51?,52?/m1/s1. The molecule has 0 radical (unpaired) electrons. The molecule has 6 rings (SSSR count). The molecule has 6 heterocycles. The highest BCUT2D eigenvalue weighted by Crippen LogP contribution is 2.34. The summed E-state index contributed by atoms with van der Waals surface area (Å²) in [5, 5.41) is 46.1. The zero-order chi connectivity index (χ0) is 40.0. The van der Waals surface area contributed by atoms with E-state index in [0.717, 1.165) is 78.5 Å². The van der Waals surface area contributed by atoms with E-state index >= 15 is 0 Å². The third kappa shape index (κ3) is 15.0. The Morgan fingerprint density at radius 3 is 0.696 bits per heavy atom. The van der Waals surface area contributed by atoms with Crippen LogP contribution in [0.15, 0.2) is 0 Å². The molecule has 0 amide bonds. The van der Waals surface area contributed by atoms with E-state index in [1.807, 2.05) is 0 Å². The molecular weight excluding hydrogens is 697 g/mol. The second-order valence-electron chi connectivity index (χ2n) is 20.3. The largest absolute Gasteiger partial charge is 0.381 e. The molecule has 0 aliphatic carbocycles. The predicted molar refractivity (Wildman–Crippen MR) is 234 cm³/mol. The van der Waals surface area contributed by atoms with E-state index in [0.29, 0.717) is 8.97 Å². The van der Waals surface area contributed by atoms with E-state index < -0.39 is 24.7 Å². The van der Waals surface area contributed by atoms with Gasteiger partial charge < -0.3 is 29.4 Å². The smallest absolute Gasteiger partial charge is 0.220 e. The number of unbranched alkanes of at least 4 members (excludes halogenated alkanes) is 26. The molecule has 0 aromatic heterocycles. The van der Waals surface area contributed by atoms with Crippen LogP contribution in [0.3, 0.4) is 0 Å². The monoisotopic (exact) mass is 795 g/mol. The van der Waals surface area contributed by atoms with Crippen molar-refractivity contribution in [2.75, 3.05) is 91.6 Å². The first-order valence-corrected chi connectivity index (χ1v) is 25.4. The highest BCUT2D eigenvalue weighted by atomic mass is 16.4. The fourth-order valence-electron chi connectivity index (χ4n) is 11.6. The van der Waals surface area contributed by atoms with E-state index in [9.17, 15) is 20.4 Å². The van der Waals surface area contributed by atoms with Crippen molar-refractivity contribution in [3.63, 3.8) is 0 Å². The summed E-state index contributed by atoms with van der Waals surface area (Å²) in [7, 11) is 0. The van der Waals surface area contributed by atoms with Crippen molar-refractivity contribution < 1.29 is 38.4 Å². The van der Waals surface area contributed by atoms with Gasteiger partial charge in [-0.15, -0.1) is 0 Å². The number of aliphatic hydroxyl groups is 4. The highest BCUT2D eigenvalue weighted by molar-refractivity contribution is 4.79. The molecule has 0 spiro atoms. The lowest BCUT2D eigenvalue weighted by molar-refractivity contribution is -1.10. The molecule has 6 aliphatic rings. The lowest BCUT2D eigenvalue weighted by atomic mass is 9.97. The number of rotatable bonds is 35. The number of fused-ring (bicyclic) bond motifs is 6. The zero-order valence-electron chi connectivity index (χ0n) is 37.6. The van der Waals surface area contributed by atoms with Crippen LogP contribution in [-0.2, 0) is 0 Å². The molecule has 6 fully saturated rings. The van der Waals surface area contributed by atoms with Gasteiger partial charge in [-0.1, -0.05) is 168 Å². The number of hydrogen-bond donors (Lipinski definition) is 4. The van der Waals surface area contributed by atoms with Crippen molar-refractivity contribution in [3.8, 4) is 0 Å². The normalized spacial score (nSPS) is 29.5. The van der Waals surface area contributed by atoms with Crippen molar-refractivity contribution >= 4 is 0 Å². The molecule has 0 aromatic carbocycles. The molecule has 4 N–H and O–H groups in total. The molecule has 4 bridgehead atoms. The minimum absolute atomic E-state index is 0.489. The maximum atomic E-state index is 11.6. The number of nitrogens with zero attached hydrogens (tertiary/aromatic N) is 4. The first-order chi connectivity index (χ1) is 27.3. The lowest BCUT2D eigenvalue weighted by Gasteiger charge is -2.59. The van der Waals surface area contributed by atoms with Crippen LogP contribution in [0.25, 0.3) is 0 Å². The van der Waals surface area contributed by atoms with Gasteiger partial charge in [0, 0.05) is 0 Å². The number of hydrogen-bond acceptors (Lipinski definition) is 4. The van der Waals surface area contributed by atoms with Gasteiger partial charge in [0.15, 0.2) is 12.2 Å².